The molecule has 3 nitrogen and oxygen atoms in total. The summed E-state index contributed by atoms with van der Waals surface area (Å²) in [5.74, 6) is 0.119. The molecule has 1 aromatic rings. The maximum atomic E-state index is 11.9. The van der Waals surface area contributed by atoms with Crippen LogP contribution in [0.2, 0.25) is 0 Å². The summed E-state index contributed by atoms with van der Waals surface area (Å²) >= 11 is 0. The summed E-state index contributed by atoms with van der Waals surface area (Å²) in [6.45, 7) is 5.19. The first kappa shape index (κ1) is 13.1. The van der Waals surface area contributed by atoms with E-state index in [4.69, 9.17) is 0 Å². The Bertz CT molecular complexity index is 402. The second kappa shape index (κ2) is 6.01. The molecule has 1 aromatic carbocycles. The number of hydrogen-bond donors (Lipinski definition) is 2. The third-order valence-electron chi connectivity index (χ3n) is 3.39. The molecule has 1 saturated heterocycles. The minimum atomic E-state index is 0.119. The van der Waals surface area contributed by atoms with Crippen molar-refractivity contribution in [3.05, 3.63) is 29.3 Å². The zero-order valence-electron chi connectivity index (χ0n) is 11.3. The molecule has 1 fully saturated rings. The molecule has 1 heterocycles. The van der Waals surface area contributed by atoms with Gasteiger partial charge in [-0.2, -0.15) is 0 Å². The summed E-state index contributed by atoms with van der Waals surface area (Å²) in [7, 11) is 0. The number of benzene rings is 1. The maximum absolute atomic E-state index is 11.9. The molecule has 1 atom stereocenters. The van der Waals surface area contributed by atoms with Crippen molar-refractivity contribution in [3.8, 4) is 0 Å². The van der Waals surface area contributed by atoms with Gasteiger partial charge in [0.1, 0.15) is 0 Å². The van der Waals surface area contributed by atoms with E-state index in [1.165, 1.54) is 24.0 Å². The van der Waals surface area contributed by atoms with E-state index in [0.717, 1.165) is 18.7 Å². The van der Waals surface area contributed by atoms with Crippen LogP contribution in [0.3, 0.4) is 0 Å². The van der Waals surface area contributed by atoms with Crippen molar-refractivity contribution >= 4 is 11.6 Å². The summed E-state index contributed by atoms with van der Waals surface area (Å²) in [6, 6.07) is 6.67. The van der Waals surface area contributed by atoms with Crippen LogP contribution < -0.4 is 10.6 Å². The smallest absolute Gasteiger partial charge is 0.224 e. The molecular formula is C15H22N2O. The number of nitrogens with one attached hydrogen (secondary N) is 2. The van der Waals surface area contributed by atoms with Gasteiger partial charge in [-0.05, 0) is 62.9 Å². The highest BCUT2D eigenvalue weighted by atomic mass is 16.1. The van der Waals surface area contributed by atoms with Crippen LogP contribution in [0.4, 0.5) is 5.69 Å². The Labute approximate surface area is 109 Å². The van der Waals surface area contributed by atoms with Gasteiger partial charge in [0, 0.05) is 18.2 Å². The van der Waals surface area contributed by atoms with Crippen LogP contribution in [0, 0.1) is 13.8 Å². The molecule has 0 spiro atoms. The fourth-order valence-electron chi connectivity index (χ4n) is 2.58. The molecule has 1 amide bonds. The fourth-order valence-corrected chi connectivity index (χ4v) is 2.58. The van der Waals surface area contributed by atoms with E-state index in [1.54, 1.807) is 0 Å². The molecule has 2 rings (SSSR count). The van der Waals surface area contributed by atoms with Gasteiger partial charge >= 0.3 is 0 Å². The number of anilines is 1. The number of amides is 1. The predicted molar refractivity (Wildman–Crippen MR) is 74.8 cm³/mol. The van der Waals surface area contributed by atoms with Crippen LogP contribution in [-0.2, 0) is 4.79 Å². The zero-order chi connectivity index (χ0) is 13.0. The summed E-state index contributed by atoms with van der Waals surface area (Å²) < 4.78 is 0. The van der Waals surface area contributed by atoms with E-state index >= 15 is 0 Å². The summed E-state index contributed by atoms with van der Waals surface area (Å²) in [4.78, 5) is 11.9. The van der Waals surface area contributed by atoms with Gasteiger partial charge in [0.05, 0.1) is 0 Å². The largest absolute Gasteiger partial charge is 0.326 e. The van der Waals surface area contributed by atoms with E-state index in [9.17, 15) is 4.79 Å². The lowest BCUT2D eigenvalue weighted by Gasteiger charge is -2.11. The van der Waals surface area contributed by atoms with Gasteiger partial charge in [-0.3, -0.25) is 4.79 Å². The van der Waals surface area contributed by atoms with Gasteiger partial charge in [-0.25, -0.2) is 0 Å². The lowest BCUT2D eigenvalue weighted by Crippen LogP contribution is -2.23. The third kappa shape index (κ3) is 3.84. The molecule has 98 valence electrons. The zero-order valence-corrected chi connectivity index (χ0v) is 11.3. The molecule has 0 radical (unpaired) electrons. The van der Waals surface area contributed by atoms with Crippen LogP contribution in [0.1, 0.15) is 36.8 Å². The molecule has 1 aliphatic heterocycles. The topological polar surface area (TPSA) is 41.1 Å². The highest BCUT2D eigenvalue weighted by Gasteiger charge is 2.15. The Morgan fingerprint density at radius 2 is 2.06 bits per heavy atom. The highest BCUT2D eigenvalue weighted by Crippen LogP contribution is 2.15. The first-order valence-corrected chi connectivity index (χ1v) is 6.75. The van der Waals surface area contributed by atoms with Crippen molar-refractivity contribution in [2.75, 3.05) is 11.9 Å². The second-order valence-corrected chi connectivity index (χ2v) is 5.26. The van der Waals surface area contributed by atoms with E-state index in [-0.39, 0.29) is 5.91 Å². The summed E-state index contributed by atoms with van der Waals surface area (Å²) in [5.41, 5.74) is 3.28. The maximum Gasteiger partial charge on any atom is 0.224 e. The average molecular weight is 246 g/mol. The third-order valence-corrected chi connectivity index (χ3v) is 3.39. The molecule has 0 aromatic heterocycles. The quantitative estimate of drug-likeness (QED) is 0.857. The van der Waals surface area contributed by atoms with Crippen molar-refractivity contribution < 1.29 is 4.79 Å². The van der Waals surface area contributed by atoms with E-state index in [1.807, 2.05) is 26.0 Å². The van der Waals surface area contributed by atoms with Gasteiger partial charge in [0.2, 0.25) is 5.91 Å². The van der Waals surface area contributed by atoms with Crippen LogP contribution in [0.5, 0.6) is 0 Å². The lowest BCUT2D eigenvalue weighted by atomic mass is 10.1. The van der Waals surface area contributed by atoms with Gasteiger partial charge in [-0.1, -0.05) is 6.07 Å². The van der Waals surface area contributed by atoms with Crippen LogP contribution in [0.15, 0.2) is 18.2 Å². The number of aryl methyl sites for hydroxylation is 2. The van der Waals surface area contributed by atoms with Crippen molar-refractivity contribution in [1.82, 2.24) is 5.32 Å². The Kier molecular flexibility index (Phi) is 4.37. The number of carbonyl (C=O) groups excluding carboxylic acids is 1. The van der Waals surface area contributed by atoms with Crippen molar-refractivity contribution in [2.45, 2.75) is 45.6 Å². The van der Waals surface area contributed by atoms with Gasteiger partial charge in [0.25, 0.3) is 0 Å². The van der Waals surface area contributed by atoms with Crippen LogP contribution in [0.25, 0.3) is 0 Å². The number of hydrogen-bond acceptors (Lipinski definition) is 2. The number of carbonyl (C=O) groups is 1. The normalized spacial score (nSPS) is 18.9. The van der Waals surface area contributed by atoms with Crippen molar-refractivity contribution in [1.29, 1.82) is 0 Å². The van der Waals surface area contributed by atoms with E-state index < -0.39 is 0 Å². The van der Waals surface area contributed by atoms with Gasteiger partial charge < -0.3 is 10.6 Å². The minimum absolute atomic E-state index is 0.119. The molecule has 0 bridgehead atoms. The van der Waals surface area contributed by atoms with Gasteiger partial charge in [-0.15, -0.1) is 0 Å². The summed E-state index contributed by atoms with van der Waals surface area (Å²) in [6.07, 6.45) is 3.99. The Hall–Kier alpha value is -1.35. The fraction of sp³-hybridized carbons (Fsp3) is 0.533. The first-order valence-electron chi connectivity index (χ1n) is 6.75. The average Bonchev–Trinajstić information content (AvgIpc) is 2.77. The molecule has 2 N–H and O–H groups in total. The van der Waals surface area contributed by atoms with Crippen LogP contribution >= 0.6 is 0 Å². The molecular weight excluding hydrogens is 224 g/mol. The predicted octanol–water partition coefficient (Wildman–Crippen LogP) is 2.77. The van der Waals surface area contributed by atoms with Crippen molar-refractivity contribution in [2.24, 2.45) is 0 Å². The SMILES string of the molecule is Cc1cc(C)cc(NC(=O)CCC2CCCN2)c1. The molecule has 1 unspecified atom stereocenters. The van der Waals surface area contributed by atoms with Crippen molar-refractivity contribution in [3.63, 3.8) is 0 Å². The summed E-state index contributed by atoms with van der Waals surface area (Å²) in [5, 5.41) is 6.39. The Balaban J connectivity index is 1.82. The molecule has 3 heteroatoms. The second-order valence-electron chi connectivity index (χ2n) is 5.26. The van der Waals surface area contributed by atoms with Crippen LogP contribution in [-0.4, -0.2) is 18.5 Å². The monoisotopic (exact) mass is 246 g/mol. The lowest BCUT2D eigenvalue weighted by molar-refractivity contribution is -0.116. The number of rotatable bonds is 4. The highest BCUT2D eigenvalue weighted by molar-refractivity contribution is 5.90. The minimum Gasteiger partial charge on any atom is -0.326 e. The van der Waals surface area contributed by atoms with E-state index in [0.29, 0.717) is 12.5 Å². The first-order chi connectivity index (χ1) is 8.63. The Morgan fingerprint density at radius 1 is 1.33 bits per heavy atom. The van der Waals surface area contributed by atoms with Gasteiger partial charge in [0.15, 0.2) is 0 Å². The Morgan fingerprint density at radius 3 is 2.67 bits per heavy atom. The molecule has 0 aliphatic carbocycles. The standard InChI is InChI=1S/C15H22N2O/c1-11-8-12(2)10-14(9-11)17-15(18)6-5-13-4-3-7-16-13/h8-10,13,16H,3-7H2,1-2H3,(H,17,18). The molecule has 0 saturated carbocycles. The van der Waals surface area contributed by atoms with E-state index in [2.05, 4.69) is 16.7 Å². The molecule has 1 aliphatic rings. The molecule has 18 heavy (non-hydrogen) atoms.